The van der Waals surface area contributed by atoms with Gasteiger partial charge in [-0.15, -0.1) is 0 Å². The summed E-state index contributed by atoms with van der Waals surface area (Å²) < 4.78 is 23.1. The lowest BCUT2D eigenvalue weighted by molar-refractivity contribution is -0.209. The number of rotatable bonds is 12. The van der Waals surface area contributed by atoms with E-state index in [1.54, 1.807) is 0 Å². The molecule has 4 aliphatic carbocycles. The molecule has 5 fully saturated rings. The monoisotopic (exact) mass is 535 g/mol. The topological polar surface area (TPSA) is 122 Å². The van der Waals surface area contributed by atoms with Crippen molar-refractivity contribution in [3.63, 3.8) is 0 Å². The number of aliphatic hydroxyl groups is 1. The molecule has 5 aliphatic rings. The van der Waals surface area contributed by atoms with Crippen molar-refractivity contribution >= 4 is 12.0 Å². The summed E-state index contributed by atoms with van der Waals surface area (Å²) in [6, 6.07) is 1.74. The summed E-state index contributed by atoms with van der Waals surface area (Å²) in [6.07, 6.45) is 6.79. The molecule has 1 heterocycles. The van der Waals surface area contributed by atoms with Crippen LogP contribution in [-0.4, -0.2) is 102 Å². The second-order valence-corrected chi connectivity index (χ2v) is 12.6. The molecule has 0 aromatic heterocycles. The molecule has 0 aromatic carbocycles. The van der Waals surface area contributed by atoms with Gasteiger partial charge in [-0.05, 0) is 84.0 Å². The smallest absolute Gasteiger partial charge is 0.411 e. The van der Waals surface area contributed by atoms with Crippen LogP contribution in [0.15, 0.2) is 0 Å². The molecular weight excluding hydrogens is 490 g/mol. The number of amides is 2. The van der Waals surface area contributed by atoms with Gasteiger partial charge in [-0.2, -0.15) is 5.26 Å². The predicted molar refractivity (Wildman–Crippen MR) is 138 cm³/mol. The van der Waals surface area contributed by atoms with Crippen LogP contribution < -0.4 is 0 Å². The molecule has 5 rings (SSSR count). The standard InChI is InChI=1S/C28H45N3O7/c1-26(2,3)31(25(34)37-19-24(33)30-6-4-5-23(30)18-29)27-14-21-13-22(15-27)17-28(16-21,20-27)38-12-11-36-10-9-35-8-7-32/h21-23,32H,4-17,19-20H2,1-3H3/t21?,22?,23-,27?,28?/m0/s1. The van der Waals surface area contributed by atoms with E-state index in [0.717, 1.165) is 38.5 Å². The van der Waals surface area contributed by atoms with Gasteiger partial charge in [0.1, 0.15) is 6.04 Å². The zero-order valence-corrected chi connectivity index (χ0v) is 23.3. The average molecular weight is 536 g/mol. The number of likely N-dealkylation sites (tertiary alicyclic amines) is 1. The Morgan fingerprint density at radius 2 is 1.71 bits per heavy atom. The van der Waals surface area contributed by atoms with Gasteiger partial charge in [0.2, 0.25) is 0 Å². The van der Waals surface area contributed by atoms with Crippen LogP contribution in [0.1, 0.15) is 72.1 Å². The second kappa shape index (κ2) is 12.1. The van der Waals surface area contributed by atoms with Gasteiger partial charge in [0.25, 0.3) is 5.91 Å². The van der Waals surface area contributed by atoms with Crippen LogP contribution in [0.5, 0.6) is 0 Å². The van der Waals surface area contributed by atoms with E-state index in [-0.39, 0.29) is 30.3 Å². The number of carbonyl (C=O) groups excluding carboxylic acids is 2. The Kier molecular flexibility index (Phi) is 9.23. The zero-order chi connectivity index (χ0) is 27.4. The molecule has 2 unspecified atom stereocenters. The quantitative estimate of drug-likeness (QED) is 0.379. The van der Waals surface area contributed by atoms with Gasteiger partial charge in [-0.1, -0.05) is 0 Å². The number of ether oxygens (including phenoxy) is 4. The molecule has 214 valence electrons. The van der Waals surface area contributed by atoms with Gasteiger partial charge in [-0.25, -0.2) is 4.79 Å². The maximum absolute atomic E-state index is 13.7. The lowest BCUT2D eigenvalue weighted by Gasteiger charge is -2.65. The predicted octanol–water partition coefficient (Wildman–Crippen LogP) is 2.87. The van der Waals surface area contributed by atoms with Gasteiger partial charge >= 0.3 is 6.09 Å². The molecule has 3 atom stereocenters. The van der Waals surface area contributed by atoms with Crippen molar-refractivity contribution < 1.29 is 33.6 Å². The summed E-state index contributed by atoms with van der Waals surface area (Å²) in [4.78, 5) is 29.9. The van der Waals surface area contributed by atoms with Crippen molar-refractivity contribution in [2.45, 2.75) is 94.9 Å². The summed E-state index contributed by atoms with van der Waals surface area (Å²) in [5, 5.41) is 18.1. The minimum atomic E-state index is -0.493. The van der Waals surface area contributed by atoms with Crippen molar-refractivity contribution in [1.82, 2.24) is 9.80 Å². The first-order valence-corrected chi connectivity index (χ1v) is 14.2. The fourth-order valence-corrected chi connectivity index (χ4v) is 7.91. The highest BCUT2D eigenvalue weighted by molar-refractivity contribution is 5.81. The molecule has 1 N–H and O–H groups in total. The third kappa shape index (κ3) is 6.44. The van der Waals surface area contributed by atoms with Crippen molar-refractivity contribution in [2.75, 3.05) is 52.8 Å². The molecule has 0 radical (unpaired) electrons. The lowest BCUT2D eigenvalue weighted by Crippen LogP contribution is -2.70. The van der Waals surface area contributed by atoms with Crippen LogP contribution in [0.4, 0.5) is 4.79 Å². The summed E-state index contributed by atoms with van der Waals surface area (Å²) in [5.74, 6) is 0.678. The summed E-state index contributed by atoms with van der Waals surface area (Å²) >= 11 is 0. The molecule has 2 amide bonds. The van der Waals surface area contributed by atoms with E-state index >= 15 is 0 Å². The third-order valence-electron chi connectivity index (χ3n) is 8.59. The molecular formula is C28H45N3O7. The molecule has 0 spiro atoms. The molecule has 4 saturated carbocycles. The number of hydrogen-bond donors (Lipinski definition) is 1. The average Bonchev–Trinajstić information content (AvgIpc) is 3.31. The zero-order valence-electron chi connectivity index (χ0n) is 23.3. The Hall–Kier alpha value is -1.93. The van der Waals surface area contributed by atoms with E-state index in [4.69, 9.17) is 24.1 Å². The number of nitriles is 1. The lowest BCUT2D eigenvalue weighted by atomic mass is 9.50. The van der Waals surface area contributed by atoms with Crippen LogP contribution in [0.25, 0.3) is 0 Å². The number of aliphatic hydroxyl groups excluding tert-OH is 1. The molecule has 10 nitrogen and oxygen atoms in total. The maximum Gasteiger partial charge on any atom is 0.411 e. The molecule has 0 aromatic rings. The Balaban J connectivity index is 1.39. The van der Waals surface area contributed by atoms with Crippen molar-refractivity contribution in [2.24, 2.45) is 11.8 Å². The van der Waals surface area contributed by atoms with Gasteiger partial charge in [0.15, 0.2) is 6.61 Å². The Morgan fingerprint density at radius 3 is 2.34 bits per heavy atom. The van der Waals surface area contributed by atoms with E-state index in [1.165, 1.54) is 11.3 Å². The fraction of sp³-hybridized carbons (Fsp3) is 0.893. The Labute approximate surface area is 226 Å². The molecule has 1 saturated heterocycles. The molecule has 1 aliphatic heterocycles. The molecule has 10 heteroatoms. The molecule has 38 heavy (non-hydrogen) atoms. The van der Waals surface area contributed by atoms with Gasteiger partial charge in [0.05, 0.1) is 56.9 Å². The van der Waals surface area contributed by atoms with Gasteiger partial charge in [-0.3, -0.25) is 9.69 Å². The molecule has 4 bridgehead atoms. The van der Waals surface area contributed by atoms with Crippen LogP contribution in [0.3, 0.4) is 0 Å². The van der Waals surface area contributed by atoms with E-state index in [2.05, 4.69) is 6.07 Å². The second-order valence-electron chi connectivity index (χ2n) is 12.6. The summed E-state index contributed by atoms with van der Waals surface area (Å²) in [5.41, 5.74) is -1.15. The van der Waals surface area contributed by atoms with E-state index in [0.29, 0.717) is 57.8 Å². The van der Waals surface area contributed by atoms with Crippen LogP contribution in [-0.2, 0) is 23.7 Å². The number of hydrogen-bond acceptors (Lipinski definition) is 8. The van der Waals surface area contributed by atoms with Crippen LogP contribution in [0, 0.1) is 23.2 Å². The highest BCUT2D eigenvalue weighted by atomic mass is 16.6. The minimum Gasteiger partial charge on any atom is -0.439 e. The van der Waals surface area contributed by atoms with Crippen molar-refractivity contribution in [1.29, 1.82) is 5.26 Å². The Morgan fingerprint density at radius 1 is 1.05 bits per heavy atom. The van der Waals surface area contributed by atoms with Gasteiger partial charge in [0, 0.05) is 12.1 Å². The number of nitrogens with zero attached hydrogens (tertiary/aromatic N) is 3. The van der Waals surface area contributed by atoms with Crippen LogP contribution in [0.2, 0.25) is 0 Å². The first kappa shape index (κ1) is 29.1. The first-order valence-electron chi connectivity index (χ1n) is 14.2. The highest BCUT2D eigenvalue weighted by Crippen LogP contribution is 2.61. The fourth-order valence-electron chi connectivity index (χ4n) is 7.91. The van der Waals surface area contributed by atoms with Crippen molar-refractivity contribution in [3.8, 4) is 6.07 Å². The highest BCUT2D eigenvalue weighted by Gasteiger charge is 2.63. The van der Waals surface area contributed by atoms with E-state index in [1.807, 2.05) is 25.7 Å². The van der Waals surface area contributed by atoms with E-state index < -0.39 is 17.7 Å². The summed E-state index contributed by atoms with van der Waals surface area (Å²) in [6.45, 7) is 8.46. The van der Waals surface area contributed by atoms with Gasteiger partial charge < -0.3 is 29.0 Å². The first-order chi connectivity index (χ1) is 18.1. The largest absolute Gasteiger partial charge is 0.439 e. The summed E-state index contributed by atoms with van der Waals surface area (Å²) in [7, 11) is 0. The normalized spacial score (nSPS) is 31.9. The maximum atomic E-state index is 13.7. The Bertz CT molecular complexity index is 869. The minimum absolute atomic E-state index is 0.00521. The van der Waals surface area contributed by atoms with Crippen molar-refractivity contribution in [3.05, 3.63) is 0 Å². The number of carbonyl (C=O) groups is 2. The SMILES string of the molecule is CC(C)(C)N(C(=O)OCC(=O)N1CCC[C@H]1C#N)C12CC3CC(CC(OCCOCCOCCO)(C3)C1)C2. The third-order valence-corrected chi connectivity index (χ3v) is 8.59. The van der Waals surface area contributed by atoms with E-state index in [9.17, 15) is 14.9 Å². The van der Waals surface area contributed by atoms with Crippen LogP contribution >= 0.6 is 0 Å².